The molecule has 0 fully saturated rings. The Morgan fingerprint density at radius 1 is 1.00 bits per heavy atom. The summed E-state index contributed by atoms with van der Waals surface area (Å²) in [4.78, 5) is 12.1. The number of benzene rings is 2. The van der Waals surface area contributed by atoms with Gasteiger partial charge in [0.2, 0.25) is 0 Å². The minimum Gasteiger partial charge on any atom is -0.355 e. The zero-order valence-corrected chi connectivity index (χ0v) is 10.9. The molecule has 0 amide bonds. The minimum absolute atomic E-state index is 0.0116. The maximum atomic E-state index is 12.1. The van der Waals surface area contributed by atoms with Crippen molar-refractivity contribution in [3.8, 4) is 0 Å². The molecule has 0 unspecified atom stereocenters. The lowest BCUT2D eigenvalue weighted by Crippen LogP contribution is -2.03. The molecule has 0 spiro atoms. The molecule has 0 saturated carbocycles. The Labute approximate surface area is 116 Å². The summed E-state index contributed by atoms with van der Waals surface area (Å²) in [7, 11) is 0. The van der Waals surface area contributed by atoms with Gasteiger partial charge in [0.15, 0.2) is 5.78 Å². The molecule has 1 N–H and O–H groups in total. The zero-order chi connectivity index (χ0) is 13.2. The smallest absolute Gasteiger partial charge is 0.178 e. The monoisotopic (exact) mass is 269 g/mol. The number of carbonyl (C=O) groups is 1. The predicted octanol–water partition coefficient (Wildman–Crippen LogP) is 4.09. The summed E-state index contributed by atoms with van der Waals surface area (Å²) in [5, 5.41) is 3.36. The molecule has 2 aromatic rings. The number of Topliss-reactive ketones (excluding diaryl/α,β-unsaturated/α-hetero) is 1. The average molecular weight is 270 g/mol. The molecule has 19 heavy (non-hydrogen) atoms. The second kappa shape index (κ2) is 4.90. The van der Waals surface area contributed by atoms with E-state index in [4.69, 9.17) is 11.6 Å². The number of halogens is 1. The van der Waals surface area contributed by atoms with Crippen LogP contribution in [0.1, 0.15) is 11.1 Å². The predicted molar refractivity (Wildman–Crippen MR) is 79.8 cm³/mol. The molecule has 0 aliphatic carbocycles. The number of hydrogen-bond donors (Lipinski definition) is 1. The maximum Gasteiger partial charge on any atom is 0.178 e. The van der Waals surface area contributed by atoms with Gasteiger partial charge >= 0.3 is 0 Å². The second-order valence-corrected chi connectivity index (χ2v) is 4.64. The van der Waals surface area contributed by atoms with E-state index in [1.807, 2.05) is 54.6 Å². The van der Waals surface area contributed by atoms with E-state index in [0.29, 0.717) is 5.57 Å². The van der Waals surface area contributed by atoms with Crippen LogP contribution in [0.2, 0.25) is 0 Å². The highest BCUT2D eigenvalue weighted by molar-refractivity contribution is 6.40. The number of nitrogens with one attached hydrogen (secondary N) is 1. The van der Waals surface area contributed by atoms with Gasteiger partial charge < -0.3 is 5.32 Å². The summed E-state index contributed by atoms with van der Waals surface area (Å²) < 4.78 is 0. The van der Waals surface area contributed by atoms with Gasteiger partial charge in [-0.1, -0.05) is 36.4 Å². The van der Waals surface area contributed by atoms with Crippen molar-refractivity contribution in [2.45, 2.75) is 0 Å². The molecule has 3 heteroatoms. The molecule has 1 aliphatic rings. The second-order valence-electron chi connectivity index (χ2n) is 4.37. The molecule has 2 aromatic carbocycles. The Kier molecular flexibility index (Phi) is 3.10. The van der Waals surface area contributed by atoms with Gasteiger partial charge in [0.25, 0.3) is 0 Å². The van der Waals surface area contributed by atoms with Gasteiger partial charge in [-0.05, 0) is 23.8 Å². The van der Waals surface area contributed by atoms with Gasteiger partial charge in [0, 0.05) is 22.5 Å². The average Bonchev–Trinajstić information content (AvgIpc) is 2.62. The summed E-state index contributed by atoms with van der Waals surface area (Å²) in [5.74, 6) is -0.0740. The summed E-state index contributed by atoms with van der Waals surface area (Å²) in [6.45, 7) is 0. The largest absolute Gasteiger partial charge is 0.355 e. The van der Waals surface area contributed by atoms with E-state index in [2.05, 4.69) is 5.32 Å². The third-order valence-electron chi connectivity index (χ3n) is 3.17. The summed E-state index contributed by atoms with van der Waals surface area (Å²) in [6.07, 6.45) is 1.90. The Morgan fingerprint density at radius 2 is 1.68 bits per heavy atom. The highest BCUT2D eigenvalue weighted by Gasteiger charge is 2.18. The van der Waals surface area contributed by atoms with Crippen LogP contribution in [0.4, 0.5) is 11.4 Å². The first-order valence-corrected chi connectivity index (χ1v) is 6.59. The third-order valence-corrected chi connectivity index (χ3v) is 3.41. The molecule has 0 bridgehead atoms. The SMILES string of the molecule is O=C(CCl)C1=Cc2ccccc2Nc2ccccc21. The van der Waals surface area contributed by atoms with Crippen molar-refractivity contribution in [2.75, 3.05) is 11.2 Å². The van der Waals surface area contributed by atoms with Gasteiger partial charge in [-0.2, -0.15) is 0 Å². The fourth-order valence-electron chi connectivity index (χ4n) is 2.24. The zero-order valence-electron chi connectivity index (χ0n) is 10.2. The molecular weight excluding hydrogens is 258 g/mol. The summed E-state index contributed by atoms with van der Waals surface area (Å²) in [5.41, 5.74) is 4.46. The van der Waals surface area contributed by atoms with Crippen molar-refractivity contribution < 1.29 is 4.79 Å². The number of allylic oxidation sites excluding steroid dienone is 1. The molecule has 0 aromatic heterocycles. The van der Waals surface area contributed by atoms with Crippen molar-refractivity contribution in [3.05, 3.63) is 59.7 Å². The summed E-state index contributed by atoms with van der Waals surface area (Å²) in [6, 6.07) is 15.7. The molecule has 3 rings (SSSR count). The number of para-hydroxylation sites is 2. The van der Waals surface area contributed by atoms with Crippen LogP contribution in [0, 0.1) is 0 Å². The van der Waals surface area contributed by atoms with Crippen LogP contribution in [-0.4, -0.2) is 11.7 Å². The number of ketones is 1. The van der Waals surface area contributed by atoms with Crippen LogP contribution >= 0.6 is 11.6 Å². The van der Waals surface area contributed by atoms with Crippen LogP contribution in [0.25, 0.3) is 11.6 Å². The standard InChI is InChI=1S/C16H12ClNO/c17-10-16(19)13-9-11-5-1-3-7-14(11)18-15-8-4-2-6-12(13)15/h1-9,18H,10H2. The number of fused-ring (bicyclic) bond motifs is 2. The fourth-order valence-corrected chi connectivity index (χ4v) is 2.39. The normalized spacial score (nSPS) is 12.6. The summed E-state index contributed by atoms with van der Waals surface area (Å²) >= 11 is 5.72. The molecule has 2 nitrogen and oxygen atoms in total. The number of rotatable bonds is 2. The number of carbonyl (C=O) groups excluding carboxylic acids is 1. The van der Waals surface area contributed by atoms with Crippen LogP contribution in [-0.2, 0) is 4.79 Å². The van der Waals surface area contributed by atoms with Crippen LogP contribution in [0.3, 0.4) is 0 Å². The van der Waals surface area contributed by atoms with E-state index in [0.717, 1.165) is 22.5 Å². The minimum atomic E-state index is -0.0624. The first-order valence-electron chi connectivity index (χ1n) is 6.06. The maximum absolute atomic E-state index is 12.1. The van der Waals surface area contributed by atoms with Gasteiger partial charge in [-0.15, -0.1) is 11.6 Å². The van der Waals surface area contributed by atoms with E-state index >= 15 is 0 Å². The third kappa shape index (κ3) is 2.15. The van der Waals surface area contributed by atoms with Crippen LogP contribution in [0.5, 0.6) is 0 Å². The Balaban J connectivity index is 2.25. The molecule has 0 saturated heterocycles. The fraction of sp³-hybridized carbons (Fsp3) is 0.0625. The molecule has 0 atom stereocenters. The highest BCUT2D eigenvalue weighted by atomic mass is 35.5. The lowest BCUT2D eigenvalue weighted by Gasteiger charge is -2.10. The topological polar surface area (TPSA) is 29.1 Å². The lowest BCUT2D eigenvalue weighted by molar-refractivity contribution is -0.111. The van der Waals surface area contributed by atoms with E-state index in [-0.39, 0.29) is 11.7 Å². The van der Waals surface area contributed by atoms with Crippen LogP contribution < -0.4 is 5.32 Å². The van der Waals surface area contributed by atoms with Gasteiger partial charge in [-0.25, -0.2) is 0 Å². The first kappa shape index (κ1) is 12.0. The van der Waals surface area contributed by atoms with Crippen molar-refractivity contribution in [1.29, 1.82) is 0 Å². The van der Waals surface area contributed by atoms with E-state index in [1.54, 1.807) is 0 Å². The number of hydrogen-bond acceptors (Lipinski definition) is 2. The van der Waals surface area contributed by atoms with Crippen molar-refractivity contribution in [1.82, 2.24) is 0 Å². The van der Waals surface area contributed by atoms with Crippen molar-refractivity contribution >= 4 is 40.4 Å². The van der Waals surface area contributed by atoms with Crippen LogP contribution in [0.15, 0.2) is 48.5 Å². The van der Waals surface area contributed by atoms with E-state index < -0.39 is 0 Å². The quantitative estimate of drug-likeness (QED) is 0.832. The number of anilines is 2. The molecule has 1 aliphatic heterocycles. The Morgan fingerprint density at radius 3 is 2.47 bits per heavy atom. The van der Waals surface area contributed by atoms with Crippen molar-refractivity contribution in [3.63, 3.8) is 0 Å². The highest BCUT2D eigenvalue weighted by Crippen LogP contribution is 2.35. The first-order chi connectivity index (χ1) is 9.29. The van der Waals surface area contributed by atoms with Gasteiger partial charge in [0.1, 0.15) is 0 Å². The Hall–Kier alpha value is -2.06. The molecular formula is C16H12ClNO. The molecule has 1 heterocycles. The van der Waals surface area contributed by atoms with Crippen molar-refractivity contribution in [2.24, 2.45) is 0 Å². The number of alkyl halides is 1. The van der Waals surface area contributed by atoms with E-state index in [1.165, 1.54) is 0 Å². The van der Waals surface area contributed by atoms with E-state index in [9.17, 15) is 4.79 Å². The van der Waals surface area contributed by atoms with Gasteiger partial charge in [-0.3, -0.25) is 4.79 Å². The van der Waals surface area contributed by atoms with Gasteiger partial charge in [0.05, 0.1) is 5.88 Å². The molecule has 94 valence electrons. The molecule has 0 radical (unpaired) electrons. The lowest BCUT2D eigenvalue weighted by atomic mass is 9.99. The Bertz CT molecular complexity index is 676.